The lowest BCUT2D eigenvalue weighted by Crippen LogP contribution is -2.20. The van der Waals surface area contributed by atoms with Gasteiger partial charge in [-0.15, -0.1) is 9.81 Å². The molecular formula is C2H14N8O5. The third-order valence-corrected chi connectivity index (χ3v) is 0. The number of nitrogens with one attached hydrogen (secondary N) is 2. The van der Waals surface area contributed by atoms with Gasteiger partial charge in [0, 0.05) is 0 Å². The molecular weight excluding hydrogens is 216 g/mol. The van der Waals surface area contributed by atoms with Crippen LogP contribution in [0.3, 0.4) is 0 Å². The summed E-state index contributed by atoms with van der Waals surface area (Å²) in [7, 11) is 0. The van der Waals surface area contributed by atoms with Gasteiger partial charge in [-0.05, 0) is 0 Å². The third-order valence-electron chi connectivity index (χ3n) is 0. The number of guanidine groups is 2. The highest BCUT2D eigenvalue weighted by Gasteiger charge is 1.52. The van der Waals surface area contributed by atoms with Crippen molar-refractivity contribution < 1.29 is 15.9 Å². The van der Waals surface area contributed by atoms with Crippen molar-refractivity contribution in [2.24, 2.45) is 33.6 Å². The average Bonchev–Trinajstić information content (AvgIpc) is 1.85. The maximum absolute atomic E-state index is 8.11. The van der Waals surface area contributed by atoms with Gasteiger partial charge in [0.25, 0.3) is 0 Å². The first-order valence-corrected chi connectivity index (χ1v) is 2.42. The average molecular weight is 230 g/mol. The Hall–Kier alpha value is -2.70. The van der Waals surface area contributed by atoms with Crippen LogP contribution in [0.4, 0.5) is 0 Å². The van der Waals surface area contributed by atoms with Crippen LogP contribution in [-0.4, -0.2) is 27.8 Å². The van der Waals surface area contributed by atoms with Gasteiger partial charge in [-0.25, -0.2) is 0 Å². The molecule has 0 fully saturated rings. The number of hydrogen-bond donors (Lipinski definition) is 8. The zero-order chi connectivity index (χ0) is 12.6. The van der Waals surface area contributed by atoms with Crippen LogP contribution in [0, 0.1) is 20.6 Å². The molecule has 0 aromatic heterocycles. The van der Waals surface area contributed by atoms with Gasteiger partial charge in [-0.2, -0.15) is 0 Å². The van der Waals surface area contributed by atoms with Crippen LogP contribution < -0.4 is 22.9 Å². The van der Waals surface area contributed by atoms with Crippen molar-refractivity contribution in [1.29, 1.82) is 10.8 Å². The molecule has 0 unspecified atom stereocenters. The Morgan fingerprint density at radius 1 is 0.867 bits per heavy atom. The van der Waals surface area contributed by atoms with Gasteiger partial charge in [0.2, 0.25) is 0 Å². The molecule has 0 rings (SSSR count). The normalized spacial score (nSPS) is 4.80. The minimum absolute atomic E-state index is 0. The summed E-state index contributed by atoms with van der Waals surface area (Å²) in [6.07, 6.45) is 0. The molecule has 15 heavy (non-hydrogen) atoms. The summed E-state index contributed by atoms with van der Waals surface area (Å²) in [6.45, 7) is 0. The highest BCUT2D eigenvalue weighted by Crippen LogP contribution is 1.25. The summed E-state index contributed by atoms with van der Waals surface area (Å²) >= 11 is 0. The Balaban J connectivity index is -0.0000000293. The predicted molar refractivity (Wildman–Crippen MR) is 51.0 cm³/mol. The Morgan fingerprint density at radius 3 is 0.867 bits per heavy atom. The van der Waals surface area contributed by atoms with E-state index in [0.29, 0.717) is 0 Å². The van der Waals surface area contributed by atoms with Crippen molar-refractivity contribution in [1.82, 2.24) is 0 Å². The molecule has 0 aromatic rings. The topological polar surface area (TPSA) is 283 Å². The molecule has 14 N–H and O–H groups in total. The van der Waals surface area contributed by atoms with Crippen molar-refractivity contribution in [2.45, 2.75) is 0 Å². The van der Waals surface area contributed by atoms with Crippen molar-refractivity contribution in [3.05, 3.63) is 9.81 Å². The lowest BCUT2D eigenvalue weighted by Gasteiger charge is -1.69. The van der Waals surface area contributed by atoms with E-state index in [4.69, 9.17) is 31.0 Å². The lowest BCUT2D eigenvalue weighted by atomic mass is 11.1. The highest BCUT2D eigenvalue weighted by molar-refractivity contribution is 5.72. The number of hydrogen-bond acceptors (Lipinski definition) is 6. The van der Waals surface area contributed by atoms with Crippen molar-refractivity contribution in [3.63, 3.8) is 0 Å². The van der Waals surface area contributed by atoms with E-state index in [0.717, 1.165) is 0 Å². The smallest absolute Gasteiger partial charge is 0.183 e. The number of rotatable bonds is 0. The van der Waals surface area contributed by atoms with E-state index >= 15 is 0 Å². The summed E-state index contributed by atoms with van der Waals surface area (Å²) in [4.78, 5) is 16.2. The Bertz CT molecular complexity index is 133. The van der Waals surface area contributed by atoms with E-state index in [1.54, 1.807) is 0 Å². The van der Waals surface area contributed by atoms with Gasteiger partial charge in [0.1, 0.15) is 0 Å². The highest BCUT2D eigenvalue weighted by atomic mass is 16.6. The van der Waals surface area contributed by atoms with Crippen LogP contribution in [0.25, 0.3) is 0 Å². The molecule has 0 saturated carbocycles. The third kappa shape index (κ3) is 134. The molecule has 0 saturated heterocycles. The van der Waals surface area contributed by atoms with E-state index in [9.17, 15) is 0 Å². The van der Waals surface area contributed by atoms with Gasteiger partial charge in [-0.3, -0.25) is 10.8 Å². The Morgan fingerprint density at radius 2 is 0.867 bits per heavy atom. The van der Waals surface area contributed by atoms with E-state index in [1.165, 1.54) is 10.7 Å². The second-order valence-corrected chi connectivity index (χ2v) is 1.07. The molecule has 0 heterocycles. The van der Waals surface area contributed by atoms with E-state index in [2.05, 4.69) is 22.9 Å². The van der Waals surface area contributed by atoms with E-state index < -0.39 is 0 Å². The molecule has 0 aliphatic heterocycles. The van der Waals surface area contributed by atoms with Gasteiger partial charge in [0.05, 0.1) is 0 Å². The molecule has 0 amide bonds. The zero-order valence-corrected chi connectivity index (χ0v) is 7.41. The van der Waals surface area contributed by atoms with Gasteiger partial charge in [0.15, 0.2) is 22.6 Å². The van der Waals surface area contributed by atoms with Crippen LogP contribution in [0.15, 0.2) is 10.7 Å². The SMILES string of the molecule is N=C(N)N.N=C(N)N.O.O=NO.O=NO. The molecule has 0 aliphatic carbocycles. The zero-order valence-electron chi connectivity index (χ0n) is 7.41. The molecule has 0 bridgehead atoms. The van der Waals surface area contributed by atoms with Crippen LogP contribution in [0.2, 0.25) is 0 Å². The number of nitrogens with zero attached hydrogens (tertiary/aromatic N) is 2. The molecule has 13 nitrogen and oxygen atoms in total. The van der Waals surface area contributed by atoms with E-state index in [-0.39, 0.29) is 17.4 Å². The minimum Gasteiger partial charge on any atom is -0.412 e. The van der Waals surface area contributed by atoms with Crippen LogP contribution in [-0.2, 0) is 0 Å². The fourth-order valence-electron chi connectivity index (χ4n) is 0. The molecule has 0 atom stereocenters. The monoisotopic (exact) mass is 230 g/mol. The van der Waals surface area contributed by atoms with Gasteiger partial charge >= 0.3 is 0 Å². The molecule has 0 spiro atoms. The minimum atomic E-state index is -0.333. The standard InChI is InChI=1S/2CH5N3.2HNO2.H2O/c2*2-1(3)4;2*2-1-3;/h2*(H5,2,3,4);2*(H,2,3);1H2. The summed E-state index contributed by atoms with van der Waals surface area (Å²) in [5, 5.41) is 27.9. The Kier molecular flexibility index (Phi) is 83.9. The first kappa shape index (κ1) is 29.5. The molecule has 0 aliphatic rings. The second kappa shape index (κ2) is 42.7. The maximum Gasteiger partial charge on any atom is 0.183 e. The molecule has 0 aromatic carbocycles. The second-order valence-electron chi connectivity index (χ2n) is 1.07. The van der Waals surface area contributed by atoms with Crippen LogP contribution >= 0.6 is 0 Å². The van der Waals surface area contributed by atoms with Crippen LogP contribution in [0.5, 0.6) is 0 Å². The summed E-state index contributed by atoms with van der Waals surface area (Å²) in [6, 6.07) is 0. The fraction of sp³-hybridized carbons (Fsp3) is 0. The fourth-order valence-corrected chi connectivity index (χ4v) is 0. The molecule has 92 valence electrons. The summed E-state index contributed by atoms with van der Waals surface area (Å²) in [5.74, 6) is -0.667. The van der Waals surface area contributed by atoms with Gasteiger partial charge in [-0.1, -0.05) is 0 Å². The van der Waals surface area contributed by atoms with Crippen molar-refractivity contribution >= 4 is 11.9 Å². The molecule has 0 radical (unpaired) electrons. The summed E-state index contributed by atoms with van der Waals surface area (Å²) in [5.41, 5.74) is 17.9. The predicted octanol–water partition coefficient (Wildman–Crippen LogP) is -2.86. The lowest BCUT2D eigenvalue weighted by molar-refractivity contribution is 0.312. The van der Waals surface area contributed by atoms with Crippen molar-refractivity contribution in [3.8, 4) is 0 Å². The first-order chi connectivity index (χ1) is 6.29. The molecule has 13 heteroatoms. The largest absolute Gasteiger partial charge is 0.412 e. The first-order valence-electron chi connectivity index (χ1n) is 2.42. The van der Waals surface area contributed by atoms with E-state index in [1.807, 2.05) is 0 Å². The Labute approximate surface area is 83.2 Å². The van der Waals surface area contributed by atoms with Crippen molar-refractivity contribution in [2.75, 3.05) is 0 Å². The quantitative estimate of drug-likeness (QED) is 0.0922. The summed E-state index contributed by atoms with van der Waals surface area (Å²) < 4.78 is 0. The van der Waals surface area contributed by atoms with Crippen LogP contribution in [0.1, 0.15) is 0 Å². The maximum atomic E-state index is 8.11. The number of nitrogens with two attached hydrogens (primary N) is 4. The van der Waals surface area contributed by atoms with Gasteiger partial charge < -0.3 is 38.8 Å².